The van der Waals surface area contributed by atoms with E-state index in [0.717, 1.165) is 23.5 Å². The van der Waals surface area contributed by atoms with Crippen LogP contribution in [0.4, 0.5) is 5.69 Å². The third kappa shape index (κ3) is 5.88. The number of benzene rings is 1. The smallest absolute Gasteiger partial charge is 0.266 e. The van der Waals surface area contributed by atoms with E-state index in [4.69, 9.17) is 21.1 Å². The molecule has 0 saturated carbocycles. The van der Waals surface area contributed by atoms with Gasteiger partial charge >= 0.3 is 0 Å². The third-order valence-corrected chi connectivity index (χ3v) is 4.87. The van der Waals surface area contributed by atoms with Crippen LogP contribution in [-0.2, 0) is 16.1 Å². The van der Waals surface area contributed by atoms with E-state index in [1.54, 1.807) is 31.4 Å². The van der Waals surface area contributed by atoms with Crippen LogP contribution in [0.5, 0.6) is 5.75 Å². The molecule has 0 bridgehead atoms. The van der Waals surface area contributed by atoms with Crippen LogP contribution in [0, 0.1) is 31.1 Å². The molecule has 0 spiro atoms. The van der Waals surface area contributed by atoms with Crippen molar-refractivity contribution in [3.8, 4) is 11.8 Å². The lowest BCUT2D eigenvalue weighted by Gasteiger charge is -2.13. The first-order valence-electron chi connectivity index (χ1n) is 9.78. The third-order valence-electron chi connectivity index (χ3n) is 4.57. The molecule has 0 unspecified atom stereocenters. The molecule has 0 aliphatic rings. The predicted molar refractivity (Wildman–Crippen MR) is 120 cm³/mol. The zero-order valence-electron chi connectivity index (χ0n) is 18.1. The second-order valence-corrected chi connectivity index (χ2v) is 7.82. The lowest BCUT2D eigenvalue weighted by atomic mass is 10.1. The number of ether oxygens (including phenoxy) is 2. The molecule has 6 nitrogen and oxygen atoms in total. The van der Waals surface area contributed by atoms with Crippen LogP contribution in [0.25, 0.3) is 6.08 Å². The summed E-state index contributed by atoms with van der Waals surface area (Å²) >= 11 is 6.22. The minimum Gasteiger partial charge on any atom is -0.487 e. The molecule has 0 fully saturated rings. The van der Waals surface area contributed by atoms with Crippen LogP contribution < -0.4 is 10.1 Å². The molecule has 1 amide bonds. The van der Waals surface area contributed by atoms with Gasteiger partial charge in [0.05, 0.1) is 17.3 Å². The minimum absolute atomic E-state index is 0.00242. The molecule has 7 heteroatoms. The molecule has 1 aromatic heterocycles. The number of rotatable bonds is 9. The molecular weight excluding hydrogens is 402 g/mol. The Morgan fingerprint density at radius 1 is 1.33 bits per heavy atom. The second kappa shape index (κ2) is 10.9. The quantitative estimate of drug-likeness (QED) is 0.346. The van der Waals surface area contributed by atoms with Crippen molar-refractivity contribution in [2.24, 2.45) is 5.92 Å². The molecule has 0 atom stereocenters. The first-order valence-corrected chi connectivity index (χ1v) is 10.2. The van der Waals surface area contributed by atoms with Crippen molar-refractivity contribution in [2.75, 3.05) is 25.6 Å². The number of anilines is 1. The Hall–Kier alpha value is -2.75. The van der Waals surface area contributed by atoms with Crippen molar-refractivity contribution < 1.29 is 14.3 Å². The highest BCUT2D eigenvalue weighted by Gasteiger charge is 2.16. The number of aryl methyl sites for hydroxylation is 1. The topological polar surface area (TPSA) is 76.3 Å². The summed E-state index contributed by atoms with van der Waals surface area (Å²) in [6.07, 6.45) is 1.62. The average molecular weight is 430 g/mol. The van der Waals surface area contributed by atoms with Gasteiger partial charge in [0.25, 0.3) is 5.91 Å². The lowest BCUT2D eigenvalue weighted by Crippen LogP contribution is -2.15. The van der Waals surface area contributed by atoms with E-state index >= 15 is 0 Å². The minimum atomic E-state index is -0.523. The standard InChI is InChI=1S/C23H28ClN3O3/c1-15(2)14-27-16(3)11-18(17(27)4)12-19(13-25)23(28)26-21-8-6-7-20(24)22(21)30-10-9-29-5/h6-8,11-12,15H,9-10,14H2,1-5H3,(H,26,28)/b19-12+. The number of hydrogen-bond donors (Lipinski definition) is 1. The monoisotopic (exact) mass is 429 g/mol. The van der Waals surface area contributed by atoms with Crippen LogP contribution >= 0.6 is 11.6 Å². The molecule has 0 radical (unpaired) electrons. The molecule has 0 saturated heterocycles. The molecule has 1 heterocycles. The van der Waals surface area contributed by atoms with Gasteiger partial charge in [0.15, 0.2) is 5.75 Å². The number of nitrogens with zero attached hydrogens (tertiary/aromatic N) is 2. The van der Waals surface area contributed by atoms with Gasteiger partial charge in [0, 0.05) is 25.0 Å². The van der Waals surface area contributed by atoms with Gasteiger partial charge in [-0.2, -0.15) is 5.26 Å². The van der Waals surface area contributed by atoms with E-state index in [2.05, 4.69) is 23.7 Å². The van der Waals surface area contributed by atoms with E-state index in [1.807, 2.05) is 26.0 Å². The van der Waals surface area contributed by atoms with E-state index in [1.165, 1.54) is 0 Å². The fourth-order valence-electron chi connectivity index (χ4n) is 3.09. The molecule has 30 heavy (non-hydrogen) atoms. The van der Waals surface area contributed by atoms with Gasteiger partial charge in [-0.3, -0.25) is 4.79 Å². The Balaban J connectivity index is 2.28. The number of nitriles is 1. The summed E-state index contributed by atoms with van der Waals surface area (Å²) in [4.78, 5) is 12.8. The second-order valence-electron chi connectivity index (χ2n) is 7.41. The molecule has 0 aliphatic heterocycles. The van der Waals surface area contributed by atoms with Crippen molar-refractivity contribution in [3.05, 3.63) is 51.8 Å². The van der Waals surface area contributed by atoms with Crippen molar-refractivity contribution in [3.63, 3.8) is 0 Å². The number of carbonyl (C=O) groups excluding carboxylic acids is 1. The Bertz CT molecular complexity index is 971. The summed E-state index contributed by atoms with van der Waals surface area (Å²) in [7, 11) is 1.57. The lowest BCUT2D eigenvalue weighted by molar-refractivity contribution is -0.112. The maximum atomic E-state index is 12.8. The van der Waals surface area contributed by atoms with Crippen LogP contribution in [-0.4, -0.2) is 30.8 Å². The fourth-order valence-corrected chi connectivity index (χ4v) is 3.32. The zero-order chi connectivity index (χ0) is 22.3. The Kier molecular flexibility index (Phi) is 8.52. The largest absolute Gasteiger partial charge is 0.487 e. The van der Waals surface area contributed by atoms with Gasteiger partial charge in [-0.25, -0.2) is 0 Å². The van der Waals surface area contributed by atoms with Crippen molar-refractivity contribution in [1.29, 1.82) is 5.26 Å². The first kappa shape index (κ1) is 23.5. The normalized spacial score (nSPS) is 11.5. The molecule has 2 rings (SSSR count). The predicted octanol–water partition coefficient (Wildman–Crippen LogP) is 4.99. The molecule has 1 N–H and O–H groups in total. The highest BCUT2D eigenvalue weighted by molar-refractivity contribution is 6.32. The number of nitrogens with one attached hydrogen (secondary N) is 1. The molecule has 0 aliphatic carbocycles. The number of aromatic nitrogens is 1. The average Bonchev–Trinajstić information content (AvgIpc) is 2.95. The molecular formula is C23H28ClN3O3. The number of para-hydroxylation sites is 1. The molecule has 1 aromatic carbocycles. The number of carbonyl (C=O) groups is 1. The number of hydrogen-bond acceptors (Lipinski definition) is 4. The maximum absolute atomic E-state index is 12.8. The van der Waals surface area contributed by atoms with Crippen LogP contribution in [0.15, 0.2) is 29.8 Å². The van der Waals surface area contributed by atoms with E-state index in [-0.39, 0.29) is 12.2 Å². The summed E-state index contributed by atoms with van der Waals surface area (Å²) in [5.41, 5.74) is 3.36. The Labute approximate surface area is 183 Å². The Morgan fingerprint density at radius 2 is 2.07 bits per heavy atom. The van der Waals surface area contributed by atoms with Crippen LogP contribution in [0.3, 0.4) is 0 Å². The van der Waals surface area contributed by atoms with E-state index in [0.29, 0.717) is 29.0 Å². The van der Waals surface area contributed by atoms with Gasteiger partial charge in [-0.15, -0.1) is 0 Å². The van der Waals surface area contributed by atoms with Crippen molar-refractivity contribution in [2.45, 2.75) is 34.2 Å². The number of amides is 1. The summed E-state index contributed by atoms with van der Waals surface area (Å²) in [5, 5.41) is 12.7. The summed E-state index contributed by atoms with van der Waals surface area (Å²) < 4.78 is 12.8. The summed E-state index contributed by atoms with van der Waals surface area (Å²) in [5.74, 6) is 0.312. The highest BCUT2D eigenvalue weighted by Crippen LogP contribution is 2.33. The van der Waals surface area contributed by atoms with Crippen LogP contribution in [0.2, 0.25) is 5.02 Å². The first-order chi connectivity index (χ1) is 14.3. The zero-order valence-corrected chi connectivity index (χ0v) is 18.8. The highest BCUT2D eigenvalue weighted by atomic mass is 35.5. The van der Waals surface area contributed by atoms with Crippen molar-refractivity contribution >= 4 is 29.3 Å². The van der Waals surface area contributed by atoms with Gasteiger partial charge in [0.2, 0.25) is 0 Å². The SMILES string of the molecule is COCCOc1c(Cl)cccc1NC(=O)/C(C#N)=C/c1cc(C)n(CC(C)C)c1C. The van der Waals surface area contributed by atoms with Crippen molar-refractivity contribution in [1.82, 2.24) is 4.57 Å². The van der Waals surface area contributed by atoms with Gasteiger partial charge < -0.3 is 19.4 Å². The van der Waals surface area contributed by atoms with Gasteiger partial charge in [-0.05, 0) is 49.6 Å². The van der Waals surface area contributed by atoms with Gasteiger partial charge in [-0.1, -0.05) is 31.5 Å². The number of halogens is 1. The number of methoxy groups -OCH3 is 1. The van der Waals surface area contributed by atoms with Crippen LogP contribution in [0.1, 0.15) is 30.8 Å². The maximum Gasteiger partial charge on any atom is 0.266 e. The van der Waals surface area contributed by atoms with Gasteiger partial charge in [0.1, 0.15) is 18.2 Å². The fraction of sp³-hybridized carbons (Fsp3) is 0.391. The Morgan fingerprint density at radius 3 is 2.70 bits per heavy atom. The van der Waals surface area contributed by atoms with E-state index < -0.39 is 5.91 Å². The summed E-state index contributed by atoms with van der Waals surface area (Å²) in [6.45, 7) is 9.87. The summed E-state index contributed by atoms with van der Waals surface area (Å²) in [6, 6.07) is 9.04. The van der Waals surface area contributed by atoms with E-state index in [9.17, 15) is 10.1 Å². The molecule has 2 aromatic rings. The molecule has 160 valence electrons.